The van der Waals surface area contributed by atoms with Crippen molar-refractivity contribution in [2.45, 2.75) is 23.8 Å². The maximum atomic E-state index is 5.39. The average Bonchev–Trinajstić information content (AvgIpc) is 2.69. The quantitative estimate of drug-likeness (QED) is 0.746. The second-order valence-electron chi connectivity index (χ2n) is 3.14. The second kappa shape index (κ2) is 4.67. The highest BCUT2D eigenvalue weighted by Gasteiger charge is 2.14. The molecule has 0 aromatic carbocycles. The number of aromatic nitrogens is 1. The molecule has 0 spiro atoms. The first-order valence-corrected chi connectivity index (χ1v) is 5.58. The van der Waals surface area contributed by atoms with Crippen LogP contribution in [0.15, 0.2) is 16.9 Å². The molecule has 1 atom stereocenters. The topological polar surface area (TPSA) is 35.3 Å². The molecule has 1 aromatic rings. The normalized spacial score (nSPS) is 23.2. The Hall–Kier alpha value is -0.480. The lowest BCUT2D eigenvalue weighted by atomic mass is 10.2. The molecule has 0 bridgehead atoms. The van der Waals surface area contributed by atoms with Crippen molar-refractivity contribution in [3.05, 3.63) is 18.0 Å². The summed E-state index contributed by atoms with van der Waals surface area (Å²) in [6.45, 7) is 1.82. The van der Waals surface area contributed by atoms with E-state index in [0.717, 1.165) is 24.7 Å². The number of hydrogen-bond acceptors (Lipinski definition) is 4. The highest BCUT2D eigenvalue weighted by Crippen LogP contribution is 2.23. The molecule has 1 aliphatic heterocycles. The summed E-state index contributed by atoms with van der Waals surface area (Å²) in [5, 5.41) is 4.51. The van der Waals surface area contributed by atoms with E-state index in [0.29, 0.717) is 5.25 Å². The van der Waals surface area contributed by atoms with Gasteiger partial charge in [-0.25, -0.2) is 0 Å². The Labute approximate surface area is 81.8 Å². The first kappa shape index (κ1) is 9.09. The summed E-state index contributed by atoms with van der Waals surface area (Å²) in [5.74, 6) is 0.935. The molecule has 2 heterocycles. The first-order valence-electron chi connectivity index (χ1n) is 4.54. The Morgan fingerprint density at radius 3 is 3.31 bits per heavy atom. The highest BCUT2D eigenvalue weighted by molar-refractivity contribution is 7.99. The summed E-state index contributed by atoms with van der Waals surface area (Å²) in [6.07, 6.45) is 4.08. The Bertz CT molecular complexity index is 232. The van der Waals surface area contributed by atoms with Crippen LogP contribution in [0.3, 0.4) is 0 Å². The minimum absolute atomic E-state index is 0.644. The maximum Gasteiger partial charge on any atom is 0.124 e. The van der Waals surface area contributed by atoms with Gasteiger partial charge in [0.1, 0.15) is 6.26 Å². The third-order valence-corrected chi connectivity index (χ3v) is 3.38. The number of hydrogen-bond donors (Lipinski definition) is 0. The molecule has 0 aliphatic carbocycles. The lowest BCUT2D eigenvalue weighted by Crippen LogP contribution is -2.19. The van der Waals surface area contributed by atoms with Crippen LogP contribution in [0, 0.1) is 0 Å². The molecule has 4 heteroatoms. The standard InChI is InChI=1S/C9H13NO2S/c1-2-9(6-11-4-1)13-7-8-3-5-12-10-8/h3,5,9H,1-2,4,6-7H2. The summed E-state index contributed by atoms with van der Waals surface area (Å²) in [5.41, 5.74) is 1.02. The Kier molecular flexibility index (Phi) is 3.27. The van der Waals surface area contributed by atoms with Gasteiger partial charge >= 0.3 is 0 Å². The molecule has 0 amide bonds. The fourth-order valence-electron chi connectivity index (χ4n) is 1.36. The third kappa shape index (κ3) is 2.74. The molecule has 0 N–H and O–H groups in total. The average molecular weight is 199 g/mol. The Morgan fingerprint density at radius 2 is 2.62 bits per heavy atom. The molecule has 3 nitrogen and oxygen atoms in total. The zero-order valence-electron chi connectivity index (χ0n) is 7.44. The molecule has 13 heavy (non-hydrogen) atoms. The van der Waals surface area contributed by atoms with Gasteiger partial charge in [-0.3, -0.25) is 0 Å². The minimum Gasteiger partial charge on any atom is -0.380 e. The van der Waals surface area contributed by atoms with E-state index < -0.39 is 0 Å². The van der Waals surface area contributed by atoms with E-state index in [1.165, 1.54) is 12.8 Å². The summed E-state index contributed by atoms with van der Waals surface area (Å²) >= 11 is 1.91. The van der Waals surface area contributed by atoms with Crippen LogP contribution < -0.4 is 0 Å². The molecular formula is C9H13NO2S. The van der Waals surface area contributed by atoms with Gasteiger partial charge in [0.2, 0.25) is 0 Å². The number of nitrogens with zero attached hydrogens (tertiary/aromatic N) is 1. The summed E-state index contributed by atoms with van der Waals surface area (Å²) in [7, 11) is 0. The van der Waals surface area contributed by atoms with Crippen LogP contribution in [0.4, 0.5) is 0 Å². The van der Waals surface area contributed by atoms with Crippen molar-refractivity contribution in [3.8, 4) is 0 Å². The van der Waals surface area contributed by atoms with Crippen LogP contribution in [0.5, 0.6) is 0 Å². The molecule has 1 fully saturated rings. The minimum atomic E-state index is 0.644. The molecule has 0 saturated carbocycles. The van der Waals surface area contributed by atoms with Crippen molar-refractivity contribution >= 4 is 11.8 Å². The maximum absolute atomic E-state index is 5.39. The molecule has 1 aliphatic rings. The van der Waals surface area contributed by atoms with Crippen molar-refractivity contribution in [1.82, 2.24) is 5.16 Å². The van der Waals surface area contributed by atoms with E-state index in [-0.39, 0.29) is 0 Å². The predicted molar refractivity (Wildman–Crippen MR) is 51.6 cm³/mol. The SMILES string of the molecule is c1cc(CSC2CCCOC2)no1. The molecule has 0 radical (unpaired) electrons. The monoisotopic (exact) mass is 199 g/mol. The Balaban J connectivity index is 1.72. The van der Waals surface area contributed by atoms with Gasteiger partial charge < -0.3 is 9.26 Å². The van der Waals surface area contributed by atoms with Crippen LogP contribution in [0.1, 0.15) is 18.5 Å². The van der Waals surface area contributed by atoms with Gasteiger partial charge in [-0.1, -0.05) is 5.16 Å². The summed E-state index contributed by atoms with van der Waals surface area (Å²) < 4.78 is 10.1. The van der Waals surface area contributed by atoms with Crippen molar-refractivity contribution in [2.24, 2.45) is 0 Å². The molecule has 72 valence electrons. The van der Waals surface area contributed by atoms with E-state index >= 15 is 0 Å². The molecular weight excluding hydrogens is 186 g/mol. The predicted octanol–water partition coefficient (Wildman–Crippen LogP) is 2.09. The fraction of sp³-hybridized carbons (Fsp3) is 0.667. The summed E-state index contributed by atoms with van der Waals surface area (Å²) in [4.78, 5) is 0. The molecule has 1 unspecified atom stereocenters. The molecule has 2 rings (SSSR count). The van der Waals surface area contributed by atoms with Crippen molar-refractivity contribution in [1.29, 1.82) is 0 Å². The fourth-order valence-corrected chi connectivity index (χ4v) is 2.44. The lowest BCUT2D eigenvalue weighted by molar-refractivity contribution is 0.101. The Morgan fingerprint density at radius 1 is 1.62 bits per heavy atom. The van der Waals surface area contributed by atoms with Gasteiger partial charge in [0, 0.05) is 23.7 Å². The summed E-state index contributed by atoms with van der Waals surface area (Å²) in [6, 6.07) is 1.91. The van der Waals surface area contributed by atoms with Gasteiger partial charge in [0.05, 0.1) is 12.3 Å². The van der Waals surface area contributed by atoms with Crippen LogP contribution in [0.2, 0.25) is 0 Å². The van der Waals surface area contributed by atoms with Crippen LogP contribution in [0.25, 0.3) is 0 Å². The van der Waals surface area contributed by atoms with Crippen LogP contribution in [-0.2, 0) is 10.5 Å². The van der Waals surface area contributed by atoms with Crippen molar-refractivity contribution in [2.75, 3.05) is 13.2 Å². The van der Waals surface area contributed by atoms with Gasteiger partial charge in [-0.05, 0) is 12.8 Å². The molecule has 1 saturated heterocycles. The van der Waals surface area contributed by atoms with E-state index in [9.17, 15) is 0 Å². The zero-order chi connectivity index (χ0) is 8.93. The first-order chi connectivity index (χ1) is 6.45. The second-order valence-corrected chi connectivity index (χ2v) is 4.43. The van der Waals surface area contributed by atoms with E-state index in [2.05, 4.69) is 5.16 Å². The van der Waals surface area contributed by atoms with Gasteiger partial charge in [0.15, 0.2) is 0 Å². The molecule has 1 aromatic heterocycles. The van der Waals surface area contributed by atoms with Crippen molar-refractivity contribution < 1.29 is 9.26 Å². The smallest absolute Gasteiger partial charge is 0.124 e. The highest BCUT2D eigenvalue weighted by atomic mass is 32.2. The van der Waals surface area contributed by atoms with Crippen LogP contribution in [-0.4, -0.2) is 23.6 Å². The van der Waals surface area contributed by atoms with E-state index in [1.807, 2.05) is 17.8 Å². The van der Waals surface area contributed by atoms with Gasteiger partial charge in [-0.2, -0.15) is 0 Å². The van der Waals surface area contributed by atoms with E-state index in [4.69, 9.17) is 9.26 Å². The number of thioether (sulfide) groups is 1. The third-order valence-electron chi connectivity index (χ3n) is 2.08. The number of ether oxygens (including phenoxy) is 1. The zero-order valence-corrected chi connectivity index (χ0v) is 8.26. The largest absolute Gasteiger partial charge is 0.380 e. The lowest BCUT2D eigenvalue weighted by Gasteiger charge is -2.20. The van der Waals surface area contributed by atoms with Crippen molar-refractivity contribution in [3.63, 3.8) is 0 Å². The number of rotatable bonds is 3. The van der Waals surface area contributed by atoms with Gasteiger partial charge in [-0.15, -0.1) is 11.8 Å². The van der Waals surface area contributed by atoms with Crippen LogP contribution >= 0.6 is 11.8 Å². The van der Waals surface area contributed by atoms with Gasteiger partial charge in [0.25, 0.3) is 0 Å². The van der Waals surface area contributed by atoms with E-state index in [1.54, 1.807) is 6.26 Å².